The van der Waals surface area contributed by atoms with E-state index in [2.05, 4.69) is 241 Å². The van der Waals surface area contributed by atoms with Crippen LogP contribution in [-0.2, 0) is 5.41 Å². The number of hydrogen-bond donors (Lipinski definition) is 0. The Morgan fingerprint density at radius 2 is 0.762 bits per heavy atom. The zero-order valence-corrected chi connectivity index (χ0v) is 46.3. The van der Waals surface area contributed by atoms with Gasteiger partial charge in [0.15, 0.2) is 0 Å². The quantitative estimate of drug-likeness (QED) is 0.0939. The van der Waals surface area contributed by atoms with E-state index in [-0.39, 0.29) is 29.0 Å². The summed E-state index contributed by atoms with van der Waals surface area (Å²) in [6.07, 6.45) is 15.7. The maximum atomic E-state index is 4.86. The van der Waals surface area contributed by atoms with Gasteiger partial charge in [-0.05, 0) is 0 Å². The Morgan fingerprint density at radius 3 is 1.30 bits per heavy atom. The van der Waals surface area contributed by atoms with Crippen molar-refractivity contribution in [1.29, 1.82) is 0 Å². The first kappa shape index (κ1) is 45.7. The van der Waals surface area contributed by atoms with Crippen molar-refractivity contribution in [3.8, 4) is 0 Å². The van der Waals surface area contributed by atoms with Crippen LogP contribution in [0.15, 0.2) is 268 Å². The van der Waals surface area contributed by atoms with Crippen LogP contribution in [0.1, 0.15) is 22.3 Å². The molecule has 0 aliphatic carbocycles. The van der Waals surface area contributed by atoms with Gasteiger partial charge in [0.1, 0.15) is 0 Å². The average molecular weight is 1150 g/mol. The predicted molar refractivity (Wildman–Crippen MR) is 331 cm³/mol. The number of para-hydroxylation sites is 3. The Morgan fingerprint density at radius 1 is 0.312 bits per heavy atom. The van der Waals surface area contributed by atoms with Crippen LogP contribution in [0.2, 0.25) is 0 Å². The standard InChI is InChI=1S/C71H44N7Se2/c1-3-25-53-51(23-1)69(76-59-28-8-7-27-57(59)71(45-17-13-33-72-41-45,46-18-14-34-73-42-46)58-37-55-49-21-5-11-31-65(49)79-67(55)39-61(58)76)52-24-2-4-26-54(52)70(53)77-60-29-9-10-30-63(60)78(47-19-15-35-74-43-47,48-20-16-36-75-44-48)64-38-56-50-22-6-12-32-66(50)80-68(56)40-62(64)77/h1-44H/q+1. The van der Waals surface area contributed by atoms with Gasteiger partial charge < -0.3 is 0 Å². The fraction of sp³-hybridized carbons (Fsp3) is 0.0141. The van der Waals surface area contributed by atoms with E-state index in [1.54, 1.807) is 0 Å². The van der Waals surface area contributed by atoms with E-state index in [0.717, 1.165) is 95.1 Å². The Hall–Kier alpha value is -9.30. The molecule has 17 rings (SSSR count). The van der Waals surface area contributed by atoms with Gasteiger partial charge in [-0.3, -0.25) is 0 Å². The number of anilines is 6. The molecule has 0 radical (unpaired) electrons. The molecular formula is C71H44N7Se2+. The number of hydrogen-bond acceptors (Lipinski definition) is 6. The van der Waals surface area contributed by atoms with Gasteiger partial charge in [0.25, 0.3) is 0 Å². The van der Waals surface area contributed by atoms with E-state index >= 15 is 0 Å². The first-order valence-corrected chi connectivity index (χ1v) is 30.3. The summed E-state index contributed by atoms with van der Waals surface area (Å²) in [5.41, 5.74) is 14.8. The van der Waals surface area contributed by atoms with Crippen LogP contribution in [0.25, 0.3) is 60.1 Å². The van der Waals surface area contributed by atoms with Crippen molar-refractivity contribution in [2.45, 2.75) is 5.41 Å². The summed E-state index contributed by atoms with van der Waals surface area (Å²) in [7, 11) is 0. The fourth-order valence-corrected chi connectivity index (χ4v) is 18.4. The molecule has 374 valence electrons. The van der Waals surface area contributed by atoms with Crippen LogP contribution in [0.3, 0.4) is 0 Å². The summed E-state index contributed by atoms with van der Waals surface area (Å²) in [6, 6.07) is 81.6. The minimum atomic E-state index is -0.772. The Balaban J connectivity index is 1.01. The molecule has 0 atom stereocenters. The third-order valence-corrected chi connectivity index (χ3v) is 21.6. The van der Waals surface area contributed by atoms with Gasteiger partial charge in [-0.25, -0.2) is 0 Å². The van der Waals surface area contributed by atoms with Gasteiger partial charge in [0.05, 0.1) is 0 Å². The van der Waals surface area contributed by atoms with Crippen LogP contribution in [-0.4, -0.2) is 48.9 Å². The number of nitrogens with zero attached hydrogens (tertiary/aromatic N) is 7. The molecule has 2 aliphatic rings. The zero-order chi connectivity index (χ0) is 52.5. The van der Waals surface area contributed by atoms with Crippen LogP contribution in [0.5, 0.6) is 0 Å². The van der Waals surface area contributed by atoms with Crippen molar-refractivity contribution in [2.75, 3.05) is 9.80 Å². The van der Waals surface area contributed by atoms with Gasteiger partial charge in [-0.1, -0.05) is 0 Å². The molecule has 6 aromatic heterocycles. The summed E-state index contributed by atoms with van der Waals surface area (Å²) in [6.45, 7) is 0. The first-order chi connectivity index (χ1) is 39.7. The molecule has 2 aliphatic heterocycles. The van der Waals surface area contributed by atoms with Gasteiger partial charge >= 0.3 is 476 Å². The third kappa shape index (κ3) is 6.24. The molecule has 0 unspecified atom stereocenters. The summed E-state index contributed by atoms with van der Waals surface area (Å²) >= 11 is 0.189. The predicted octanol–water partition coefficient (Wildman–Crippen LogP) is 17.6. The van der Waals surface area contributed by atoms with Crippen molar-refractivity contribution >= 4 is 146 Å². The molecule has 0 amide bonds. The average Bonchev–Trinajstić information content (AvgIpc) is 2.68. The van der Waals surface area contributed by atoms with E-state index in [1.165, 1.54) is 44.1 Å². The first-order valence-electron chi connectivity index (χ1n) is 26.9. The fourth-order valence-electron chi connectivity index (χ4n) is 13.7. The maximum absolute atomic E-state index is 4.86. The molecule has 0 N–H and O–H groups in total. The molecule has 0 spiro atoms. The number of benzene rings is 9. The van der Waals surface area contributed by atoms with Gasteiger partial charge in [-0.2, -0.15) is 0 Å². The Bertz CT molecular complexity index is 4540. The Labute approximate surface area is 472 Å². The number of quaternary nitrogens is 1. The number of pyridine rings is 4. The topological polar surface area (TPSA) is 58.0 Å². The van der Waals surface area contributed by atoms with Crippen LogP contribution < -0.4 is 14.3 Å². The van der Waals surface area contributed by atoms with Gasteiger partial charge in [-0.15, -0.1) is 0 Å². The number of aromatic nitrogens is 4. The molecule has 0 saturated heterocycles. The third-order valence-electron chi connectivity index (χ3n) is 16.8. The minimum absolute atomic E-state index is 0.0918. The molecule has 9 aromatic carbocycles. The van der Waals surface area contributed by atoms with E-state index < -0.39 is 5.41 Å². The van der Waals surface area contributed by atoms with Gasteiger partial charge in [0, 0.05) is 0 Å². The van der Waals surface area contributed by atoms with Crippen molar-refractivity contribution in [1.82, 2.24) is 24.4 Å². The molecular weight excluding hydrogens is 1110 g/mol. The molecule has 0 fully saturated rings. The summed E-state index contributed by atoms with van der Waals surface area (Å²) in [4.78, 5) is 24.6. The zero-order valence-electron chi connectivity index (χ0n) is 42.9. The molecule has 9 heteroatoms. The number of fused-ring (bicyclic) bond motifs is 12. The SMILES string of the molecule is c1cncc(C2(c3cccnc3)c3ccccc3N(c3c4ccccc4c(N4c5ccccc5[N+](c5cccnc5)(c5cccnc5)c5cc6c(cc54)[se]c4ccccc46)c4ccccc34)c3cc4[se]c5ccccc5c4cc32)c1. The summed E-state index contributed by atoms with van der Waals surface area (Å²) in [5, 5.41) is 9.79. The normalized spacial score (nSPS) is 14.2. The van der Waals surface area contributed by atoms with E-state index in [1.807, 2.05) is 37.2 Å². The summed E-state index contributed by atoms with van der Waals surface area (Å²) in [5.74, 6) is 0. The molecule has 0 saturated carbocycles. The Kier molecular flexibility index (Phi) is 10.1. The van der Waals surface area contributed by atoms with Crippen molar-refractivity contribution in [3.63, 3.8) is 0 Å². The molecule has 0 bridgehead atoms. The second-order valence-electron chi connectivity index (χ2n) is 20.7. The molecule has 8 heterocycles. The van der Waals surface area contributed by atoms with Crippen LogP contribution >= 0.6 is 0 Å². The second kappa shape index (κ2) is 17.6. The molecule has 80 heavy (non-hydrogen) atoms. The van der Waals surface area contributed by atoms with Gasteiger partial charge in [0.2, 0.25) is 0 Å². The second-order valence-corrected chi connectivity index (χ2v) is 25.2. The van der Waals surface area contributed by atoms with E-state index in [4.69, 9.17) is 19.9 Å². The monoisotopic (exact) mass is 1150 g/mol. The van der Waals surface area contributed by atoms with Crippen LogP contribution in [0.4, 0.5) is 56.9 Å². The van der Waals surface area contributed by atoms with Crippen LogP contribution in [0, 0.1) is 0 Å². The van der Waals surface area contributed by atoms with Crippen molar-refractivity contribution in [2.24, 2.45) is 0 Å². The molecule has 15 aromatic rings. The van der Waals surface area contributed by atoms with Crippen molar-refractivity contribution in [3.05, 3.63) is 290 Å². The van der Waals surface area contributed by atoms with E-state index in [9.17, 15) is 0 Å². The summed E-state index contributed by atoms with van der Waals surface area (Å²) < 4.78 is 5.84. The van der Waals surface area contributed by atoms with Crippen molar-refractivity contribution < 1.29 is 0 Å². The molecule has 7 nitrogen and oxygen atoms in total. The number of rotatable bonds is 6. The van der Waals surface area contributed by atoms with E-state index in [0.29, 0.717) is 4.48 Å².